The van der Waals surface area contributed by atoms with Gasteiger partial charge in [0, 0.05) is 19.0 Å². The van der Waals surface area contributed by atoms with Crippen molar-refractivity contribution in [2.75, 3.05) is 13.1 Å². The highest BCUT2D eigenvalue weighted by atomic mass is 19.4. The number of halogens is 3. The second kappa shape index (κ2) is 12.1. The van der Waals surface area contributed by atoms with E-state index in [4.69, 9.17) is 0 Å². The first-order valence-corrected chi connectivity index (χ1v) is 13.5. The summed E-state index contributed by atoms with van der Waals surface area (Å²) in [5, 5.41) is 9.40. The van der Waals surface area contributed by atoms with Crippen LogP contribution in [0.3, 0.4) is 0 Å². The third kappa shape index (κ3) is 9.11. The number of hydrogen-bond donors (Lipinski definition) is 1. The van der Waals surface area contributed by atoms with E-state index >= 15 is 0 Å². The number of benzene rings is 1. The Hall–Kier alpha value is -1.56. The van der Waals surface area contributed by atoms with E-state index in [1.807, 2.05) is 0 Å². The minimum absolute atomic E-state index is 0.141. The van der Waals surface area contributed by atoms with Gasteiger partial charge in [-0.2, -0.15) is 13.2 Å². The van der Waals surface area contributed by atoms with Crippen LogP contribution in [0.5, 0.6) is 0 Å². The van der Waals surface area contributed by atoms with Crippen LogP contribution in [0.25, 0.3) is 0 Å². The van der Waals surface area contributed by atoms with Crippen molar-refractivity contribution < 1.29 is 23.1 Å². The molecule has 3 nitrogen and oxygen atoms in total. The smallest absolute Gasteiger partial charge is 0.416 e. The van der Waals surface area contributed by atoms with Gasteiger partial charge in [0.25, 0.3) is 0 Å². The normalized spacial score (nSPS) is 24.6. The highest BCUT2D eigenvalue weighted by Gasteiger charge is 2.36. The lowest BCUT2D eigenvalue weighted by molar-refractivity contribution is -0.139. The summed E-state index contributed by atoms with van der Waals surface area (Å²) in [6, 6.07) is 5.94. The Morgan fingerprint density at radius 1 is 0.971 bits per heavy atom. The van der Waals surface area contributed by atoms with Crippen LogP contribution in [0.1, 0.15) is 96.1 Å². The predicted octanol–water partition coefficient (Wildman–Crippen LogP) is 7.83. The molecule has 198 valence electrons. The summed E-state index contributed by atoms with van der Waals surface area (Å²) in [5.74, 6) is 0.358. The maximum absolute atomic E-state index is 13.1. The molecule has 0 heterocycles. The number of carboxylic acid groups (broad SMARTS) is 1. The summed E-state index contributed by atoms with van der Waals surface area (Å²) in [4.78, 5) is 14.1. The van der Waals surface area contributed by atoms with Crippen molar-refractivity contribution in [3.63, 3.8) is 0 Å². The van der Waals surface area contributed by atoms with E-state index in [1.54, 1.807) is 12.1 Å². The van der Waals surface area contributed by atoms with E-state index in [0.717, 1.165) is 44.3 Å². The van der Waals surface area contributed by atoms with Gasteiger partial charge in [-0.25, -0.2) is 0 Å². The summed E-state index contributed by atoms with van der Waals surface area (Å²) < 4.78 is 39.2. The second-order valence-electron chi connectivity index (χ2n) is 12.3. The van der Waals surface area contributed by atoms with Crippen molar-refractivity contribution in [3.05, 3.63) is 35.4 Å². The Kier molecular flexibility index (Phi) is 9.70. The molecule has 6 heteroatoms. The van der Waals surface area contributed by atoms with Crippen molar-refractivity contribution in [2.24, 2.45) is 23.2 Å². The quantitative estimate of drug-likeness (QED) is 0.380. The van der Waals surface area contributed by atoms with Crippen molar-refractivity contribution in [2.45, 2.75) is 104 Å². The number of alkyl halides is 3. The van der Waals surface area contributed by atoms with Crippen molar-refractivity contribution in [3.8, 4) is 0 Å². The van der Waals surface area contributed by atoms with Crippen LogP contribution in [0.4, 0.5) is 13.2 Å². The van der Waals surface area contributed by atoms with Crippen LogP contribution in [0.2, 0.25) is 0 Å². The first-order chi connectivity index (χ1) is 16.4. The van der Waals surface area contributed by atoms with Gasteiger partial charge in [0.05, 0.1) is 5.56 Å². The van der Waals surface area contributed by atoms with Gasteiger partial charge in [-0.3, -0.25) is 9.69 Å². The molecule has 1 aromatic carbocycles. The molecule has 3 unspecified atom stereocenters. The van der Waals surface area contributed by atoms with E-state index in [2.05, 4.69) is 25.7 Å². The Bertz CT molecular complexity index is 794. The van der Waals surface area contributed by atoms with Gasteiger partial charge in [-0.1, -0.05) is 52.2 Å². The van der Waals surface area contributed by atoms with Gasteiger partial charge >= 0.3 is 12.1 Å². The first-order valence-electron chi connectivity index (χ1n) is 13.5. The Balaban J connectivity index is 1.80. The van der Waals surface area contributed by atoms with Gasteiger partial charge in [0.15, 0.2) is 0 Å². The van der Waals surface area contributed by atoms with Gasteiger partial charge in [0.2, 0.25) is 0 Å². The fourth-order valence-electron chi connectivity index (χ4n) is 6.18. The molecule has 2 aliphatic carbocycles. The van der Waals surface area contributed by atoms with E-state index in [9.17, 15) is 23.1 Å². The summed E-state index contributed by atoms with van der Waals surface area (Å²) in [7, 11) is 0. The zero-order valence-corrected chi connectivity index (χ0v) is 21.7. The van der Waals surface area contributed by atoms with Crippen LogP contribution in [0, 0.1) is 23.2 Å². The maximum atomic E-state index is 13.1. The van der Waals surface area contributed by atoms with E-state index in [1.165, 1.54) is 44.2 Å². The van der Waals surface area contributed by atoms with Crippen LogP contribution in [-0.4, -0.2) is 35.1 Å². The molecule has 0 amide bonds. The van der Waals surface area contributed by atoms with Crippen LogP contribution < -0.4 is 0 Å². The lowest BCUT2D eigenvalue weighted by atomic mass is 9.73. The predicted molar refractivity (Wildman–Crippen MR) is 134 cm³/mol. The SMILES string of the molecule is CC(C)(C)CCN(CC1CCCCC1)C1CCC(CC(=O)O)CC1Cc1ccc(C(F)(F)F)cc1. The molecular weight excluding hydrogens is 451 g/mol. The highest BCUT2D eigenvalue weighted by molar-refractivity contribution is 5.67. The van der Waals surface area contributed by atoms with E-state index < -0.39 is 17.7 Å². The van der Waals surface area contributed by atoms with Gasteiger partial charge in [-0.05, 0) is 92.4 Å². The third-order valence-corrected chi connectivity index (χ3v) is 8.13. The fourth-order valence-corrected chi connectivity index (χ4v) is 6.18. The summed E-state index contributed by atoms with van der Waals surface area (Å²) in [6.07, 6.45) is 6.87. The van der Waals surface area contributed by atoms with Crippen LogP contribution >= 0.6 is 0 Å². The highest BCUT2D eigenvalue weighted by Crippen LogP contribution is 2.39. The molecule has 0 radical (unpaired) electrons. The molecular formula is C29H44F3NO2. The van der Waals surface area contributed by atoms with Gasteiger partial charge < -0.3 is 5.11 Å². The van der Waals surface area contributed by atoms with Gasteiger partial charge in [0.1, 0.15) is 0 Å². The monoisotopic (exact) mass is 495 g/mol. The molecule has 0 spiro atoms. The zero-order valence-electron chi connectivity index (χ0n) is 21.7. The maximum Gasteiger partial charge on any atom is 0.416 e. The largest absolute Gasteiger partial charge is 0.481 e. The second-order valence-corrected chi connectivity index (χ2v) is 12.3. The molecule has 35 heavy (non-hydrogen) atoms. The summed E-state index contributed by atoms with van der Waals surface area (Å²) in [6.45, 7) is 8.94. The molecule has 3 atom stereocenters. The number of rotatable bonds is 9. The molecule has 3 rings (SSSR count). The number of carboxylic acids is 1. The van der Waals surface area contributed by atoms with Crippen molar-refractivity contribution >= 4 is 5.97 Å². The molecule has 2 saturated carbocycles. The minimum atomic E-state index is -4.33. The molecule has 2 fully saturated rings. The Morgan fingerprint density at radius 3 is 2.20 bits per heavy atom. The fraction of sp³-hybridized carbons (Fsp3) is 0.759. The van der Waals surface area contributed by atoms with E-state index in [-0.39, 0.29) is 23.7 Å². The topological polar surface area (TPSA) is 40.5 Å². The van der Waals surface area contributed by atoms with E-state index in [0.29, 0.717) is 18.4 Å². The van der Waals surface area contributed by atoms with Crippen LogP contribution in [-0.2, 0) is 17.4 Å². The number of carbonyl (C=O) groups is 1. The zero-order chi connectivity index (χ0) is 25.6. The lowest BCUT2D eigenvalue weighted by Gasteiger charge is -2.45. The minimum Gasteiger partial charge on any atom is -0.481 e. The average Bonchev–Trinajstić information content (AvgIpc) is 2.76. The van der Waals surface area contributed by atoms with Crippen molar-refractivity contribution in [1.82, 2.24) is 4.90 Å². The molecule has 0 aliphatic heterocycles. The summed E-state index contributed by atoms with van der Waals surface area (Å²) >= 11 is 0. The molecule has 0 bridgehead atoms. The number of nitrogens with zero attached hydrogens (tertiary/aromatic N) is 1. The molecule has 0 aromatic heterocycles. The molecule has 0 saturated heterocycles. The first kappa shape index (κ1) is 28.0. The molecule has 2 aliphatic rings. The standard InChI is InChI=1S/C29H44F3NO2/c1-28(2,3)15-16-33(20-22-7-5-4-6-8-22)26-14-11-23(19-27(34)35)18-24(26)17-21-9-12-25(13-10-21)29(30,31)32/h9-10,12-13,22-24,26H,4-8,11,14-20H2,1-3H3,(H,34,35). The molecule has 1 N–H and O–H groups in total. The van der Waals surface area contributed by atoms with Crippen molar-refractivity contribution in [1.29, 1.82) is 0 Å². The third-order valence-electron chi connectivity index (χ3n) is 8.13. The Morgan fingerprint density at radius 2 is 1.63 bits per heavy atom. The average molecular weight is 496 g/mol. The van der Waals surface area contributed by atoms with Crippen LogP contribution in [0.15, 0.2) is 24.3 Å². The summed E-state index contributed by atoms with van der Waals surface area (Å²) in [5.41, 5.74) is 0.528. The molecule has 1 aromatic rings. The lowest BCUT2D eigenvalue weighted by Crippen LogP contribution is -2.48. The number of aliphatic carboxylic acids is 1. The Labute approximate surface area is 209 Å². The van der Waals surface area contributed by atoms with Gasteiger partial charge in [-0.15, -0.1) is 0 Å². The number of hydrogen-bond acceptors (Lipinski definition) is 2.